The maximum absolute atomic E-state index is 12.9. The summed E-state index contributed by atoms with van der Waals surface area (Å²) < 4.78 is 20.2. The van der Waals surface area contributed by atoms with Crippen molar-refractivity contribution in [2.24, 2.45) is 0 Å². The molecular formula is C14H16ClFN4O2. The molecule has 0 aliphatic carbocycles. The van der Waals surface area contributed by atoms with Crippen LogP contribution in [0.15, 0.2) is 30.6 Å². The highest BCUT2D eigenvalue weighted by atomic mass is 35.5. The molecule has 1 aliphatic heterocycles. The van der Waals surface area contributed by atoms with Crippen LogP contribution >= 0.6 is 11.6 Å². The smallest absolute Gasteiger partial charge is 0.138 e. The second-order valence-corrected chi connectivity index (χ2v) is 5.61. The van der Waals surface area contributed by atoms with Gasteiger partial charge in [0.2, 0.25) is 0 Å². The van der Waals surface area contributed by atoms with Crippen LogP contribution in [0.1, 0.15) is 6.04 Å². The minimum atomic E-state index is -0.490. The van der Waals surface area contributed by atoms with Crippen molar-refractivity contribution in [2.45, 2.75) is 12.1 Å². The summed E-state index contributed by atoms with van der Waals surface area (Å²) in [4.78, 5) is 2.08. The van der Waals surface area contributed by atoms with Crippen LogP contribution in [-0.4, -0.2) is 57.3 Å². The monoisotopic (exact) mass is 326 g/mol. The van der Waals surface area contributed by atoms with Crippen molar-refractivity contribution < 1.29 is 14.2 Å². The van der Waals surface area contributed by atoms with Crippen LogP contribution < -0.4 is 4.74 Å². The zero-order chi connectivity index (χ0) is 15.5. The summed E-state index contributed by atoms with van der Waals surface area (Å²) >= 11 is 5.90. The first-order valence-corrected chi connectivity index (χ1v) is 7.35. The summed E-state index contributed by atoms with van der Waals surface area (Å²) in [6.07, 6.45) is 2.84. The van der Waals surface area contributed by atoms with Gasteiger partial charge < -0.3 is 9.84 Å². The lowest BCUT2D eigenvalue weighted by atomic mass is 10.2. The third kappa shape index (κ3) is 3.37. The van der Waals surface area contributed by atoms with Crippen molar-refractivity contribution in [2.75, 3.05) is 26.2 Å². The number of likely N-dealkylation sites (tertiary alicyclic amines) is 1. The van der Waals surface area contributed by atoms with Gasteiger partial charge in [-0.15, -0.1) is 5.10 Å². The van der Waals surface area contributed by atoms with Crippen LogP contribution in [0.3, 0.4) is 0 Å². The summed E-state index contributed by atoms with van der Waals surface area (Å²) in [5.41, 5.74) is 0. The van der Waals surface area contributed by atoms with Crippen molar-refractivity contribution in [1.82, 2.24) is 19.9 Å². The zero-order valence-corrected chi connectivity index (χ0v) is 12.5. The first-order chi connectivity index (χ1) is 10.6. The fourth-order valence-electron chi connectivity index (χ4n) is 2.56. The molecule has 2 atom stereocenters. The molecule has 118 valence electrons. The summed E-state index contributed by atoms with van der Waals surface area (Å²) in [7, 11) is 0. The van der Waals surface area contributed by atoms with E-state index in [9.17, 15) is 9.50 Å². The van der Waals surface area contributed by atoms with Crippen LogP contribution in [0.4, 0.5) is 4.39 Å². The minimum absolute atomic E-state index is 0.100. The van der Waals surface area contributed by atoms with E-state index >= 15 is 0 Å². The second kappa shape index (κ2) is 6.60. The van der Waals surface area contributed by atoms with E-state index in [-0.39, 0.29) is 11.1 Å². The Morgan fingerprint density at radius 1 is 1.41 bits per heavy atom. The molecule has 0 bridgehead atoms. The molecule has 1 N–H and O–H groups in total. The van der Waals surface area contributed by atoms with Crippen molar-refractivity contribution in [3.8, 4) is 5.75 Å². The third-order valence-electron chi connectivity index (χ3n) is 3.67. The third-order valence-corrected chi connectivity index (χ3v) is 3.97. The first kappa shape index (κ1) is 15.2. The lowest BCUT2D eigenvalue weighted by molar-refractivity contribution is 0.136. The number of hydrogen-bond donors (Lipinski definition) is 1. The van der Waals surface area contributed by atoms with Gasteiger partial charge in [0.25, 0.3) is 0 Å². The van der Waals surface area contributed by atoms with Crippen LogP contribution in [0.2, 0.25) is 5.02 Å². The van der Waals surface area contributed by atoms with Crippen molar-refractivity contribution in [3.63, 3.8) is 0 Å². The van der Waals surface area contributed by atoms with Gasteiger partial charge in [-0.1, -0.05) is 16.8 Å². The molecule has 0 unspecified atom stereocenters. The SMILES string of the molecule is O[C@@H]1CN(CCOc2ccc(F)cc2Cl)C[C@H]1n1ccnn1. The van der Waals surface area contributed by atoms with Crippen LogP contribution in [0.5, 0.6) is 5.75 Å². The molecule has 1 saturated heterocycles. The molecule has 1 aliphatic rings. The molecule has 0 radical (unpaired) electrons. The average molecular weight is 327 g/mol. The zero-order valence-electron chi connectivity index (χ0n) is 11.8. The number of benzene rings is 1. The van der Waals surface area contributed by atoms with Crippen molar-refractivity contribution in [3.05, 3.63) is 41.4 Å². The number of rotatable bonds is 5. The first-order valence-electron chi connectivity index (χ1n) is 6.97. The minimum Gasteiger partial charge on any atom is -0.491 e. The molecule has 0 spiro atoms. The molecule has 1 aromatic carbocycles. The van der Waals surface area contributed by atoms with Gasteiger partial charge >= 0.3 is 0 Å². The molecule has 2 heterocycles. The van der Waals surface area contributed by atoms with Crippen LogP contribution in [0, 0.1) is 5.82 Å². The fourth-order valence-corrected chi connectivity index (χ4v) is 2.78. The van der Waals surface area contributed by atoms with Crippen LogP contribution in [0.25, 0.3) is 0 Å². The summed E-state index contributed by atoms with van der Waals surface area (Å²) in [6.45, 7) is 2.26. The number of aliphatic hydroxyl groups is 1. The number of β-amino-alcohol motifs (C(OH)–C–C–N with tert-alkyl or cyclic N) is 1. The number of halogens is 2. The van der Waals surface area contributed by atoms with E-state index in [1.165, 1.54) is 18.2 Å². The quantitative estimate of drug-likeness (QED) is 0.899. The molecule has 8 heteroatoms. The van der Waals surface area contributed by atoms with E-state index in [0.29, 0.717) is 32.0 Å². The Bertz CT molecular complexity index is 625. The molecule has 0 amide bonds. The number of nitrogens with zero attached hydrogens (tertiary/aromatic N) is 4. The molecule has 1 fully saturated rings. The molecule has 6 nitrogen and oxygen atoms in total. The summed E-state index contributed by atoms with van der Waals surface area (Å²) in [6, 6.07) is 3.94. The van der Waals surface area contributed by atoms with Gasteiger partial charge in [-0.3, -0.25) is 4.90 Å². The number of aliphatic hydroxyl groups excluding tert-OH is 1. The van der Waals surface area contributed by atoms with E-state index in [1.54, 1.807) is 17.1 Å². The molecular weight excluding hydrogens is 311 g/mol. The maximum Gasteiger partial charge on any atom is 0.138 e. The normalized spacial score (nSPS) is 22.1. The second-order valence-electron chi connectivity index (χ2n) is 5.20. The number of ether oxygens (including phenoxy) is 1. The molecule has 2 aromatic rings. The molecule has 3 rings (SSSR count). The van der Waals surface area contributed by atoms with E-state index < -0.39 is 11.9 Å². The Morgan fingerprint density at radius 3 is 3.00 bits per heavy atom. The topological polar surface area (TPSA) is 63.4 Å². The Balaban J connectivity index is 1.50. The van der Waals surface area contributed by atoms with Crippen molar-refractivity contribution >= 4 is 11.6 Å². The number of aromatic nitrogens is 3. The Kier molecular flexibility index (Phi) is 4.56. The fraction of sp³-hybridized carbons (Fsp3) is 0.429. The Labute approximate surface area is 132 Å². The van der Waals surface area contributed by atoms with E-state index in [0.717, 1.165) is 0 Å². The standard InChI is InChI=1S/C14H16ClFN4O2/c15-11-7-10(16)1-2-14(11)22-6-5-19-8-12(13(21)9-19)20-4-3-17-18-20/h1-4,7,12-13,21H,5-6,8-9H2/t12-,13-/m1/s1. The highest BCUT2D eigenvalue weighted by Gasteiger charge is 2.32. The van der Waals surface area contributed by atoms with Gasteiger partial charge in [-0.25, -0.2) is 9.07 Å². The van der Waals surface area contributed by atoms with Gasteiger partial charge in [0.05, 0.1) is 23.4 Å². The van der Waals surface area contributed by atoms with Crippen molar-refractivity contribution in [1.29, 1.82) is 0 Å². The van der Waals surface area contributed by atoms with E-state index in [1.807, 2.05) is 0 Å². The van der Waals surface area contributed by atoms with E-state index in [2.05, 4.69) is 15.2 Å². The van der Waals surface area contributed by atoms with Gasteiger partial charge in [-0.05, 0) is 18.2 Å². The average Bonchev–Trinajstić information content (AvgIpc) is 3.10. The molecule has 1 aromatic heterocycles. The summed E-state index contributed by atoms with van der Waals surface area (Å²) in [5, 5.41) is 18.0. The van der Waals surface area contributed by atoms with Crippen LogP contribution in [-0.2, 0) is 0 Å². The van der Waals surface area contributed by atoms with Gasteiger partial charge in [0.1, 0.15) is 18.2 Å². The van der Waals surface area contributed by atoms with Gasteiger partial charge in [0, 0.05) is 25.8 Å². The Morgan fingerprint density at radius 2 is 2.27 bits per heavy atom. The summed E-state index contributed by atoms with van der Waals surface area (Å²) in [5.74, 6) is 0.0614. The Hall–Kier alpha value is -1.70. The highest BCUT2D eigenvalue weighted by Crippen LogP contribution is 2.25. The molecule has 22 heavy (non-hydrogen) atoms. The lowest BCUT2D eigenvalue weighted by Gasteiger charge is -2.16. The van der Waals surface area contributed by atoms with Gasteiger partial charge in [0.15, 0.2) is 0 Å². The predicted molar refractivity (Wildman–Crippen MR) is 78.4 cm³/mol. The highest BCUT2D eigenvalue weighted by molar-refractivity contribution is 6.32. The van der Waals surface area contributed by atoms with Gasteiger partial charge in [-0.2, -0.15) is 0 Å². The largest absolute Gasteiger partial charge is 0.491 e. The number of hydrogen-bond acceptors (Lipinski definition) is 5. The maximum atomic E-state index is 12.9. The van der Waals surface area contributed by atoms with E-state index in [4.69, 9.17) is 16.3 Å². The lowest BCUT2D eigenvalue weighted by Crippen LogP contribution is -2.27. The predicted octanol–water partition coefficient (Wildman–Crippen LogP) is 1.37. The molecule has 0 saturated carbocycles.